The van der Waals surface area contributed by atoms with Crippen LogP contribution in [0.25, 0.3) is 11.4 Å². The Bertz CT molecular complexity index is 674. The molecule has 3 aromatic rings. The molecule has 3 heteroatoms. The van der Waals surface area contributed by atoms with E-state index in [0.717, 1.165) is 17.1 Å². The first-order chi connectivity index (χ1) is 9.36. The maximum Gasteiger partial charge on any atom is 0.254 e. The Morgan fingerprint density at radius 3 is 2.63 bits per heavy atom. The van der Waals surface area contributed by atoms with E-state index < -0.39 is 0 Å². The lowest BCUT2D eigenvalue weighted by Crippen LogP contribution is -2.27. The molecule has 0 N–H and O–H groups in total. The average molecular weight is 251 g/mol. The molecule has 94 valence electrons. The van der Waals surface area contributed by atoms with Crippen molar-refractivity contribution >= 4 is 0 Å². The predicted octanol–water partition coefficient (Wildman–Crippen LogP) is 2.76. The van der Waals surface area contributed by atoms with Crippen molar-refractivity contribution in [2.45, 2.75) is 0 Å². The van der Waals surface area contributed by atoms with E-state index in [1.54, 1.807) is 7.11 Å². The Labute approximate surface area is 112 Å². The highest BCUT2D eigenvalue weighted by atomic mass is 16.5. The molecule has 1 heterocycles. The number of benzene rings is 2. The average Bonchev–Trinajstić information content (AvgIpc) is 2.98. The van der Waals surface area contributed by atoms with Crippen LogP contribution in [0.15, 0.2) is 73.3 Å². The molecule has 0 fully saturated rings. The van der Waals surface area contributed by atoms with Crippen molar-refractivity contribution in [3.05, 3.63) is 73.3 Å². The van der Waals surface area contributed by atoms with Crippen LogP contribution in [0.1, 0.15) is 0 Å². The molecular weight excluding hydrogens is 236 g/mol. The molecule has 0 unspecified atom stereocenters. The molecule has 0 aliphatic rings. The zero-order valence-electron chi connectivity index (χ0n) is 10.7. The quantitative estimate of drug-likeness (QED) is 0.655. The van der Waals surface area contributed by atoms with Crippen LogP contribution < -0.4 is 9.30 Å². The Morgan fingerprint density at radius 1 is 1.00 bits per heavy atom. The smallest absolute Gasteiger partial charge is 0.254 e. The Kier molecular flexibility index (Phi) is 3.02. The summed E-state index contributed by atoms with van der Waals surface area (Å²) in [5, 5.41) is 0. The van der Waals surface area contributed by atoms with Gasteiger partial charge in [0, 0.05) is 6.07 Å². The second-order valence-electron chi connectivity index (χ2n) is 4.27. The molecule has 19 heavy (non-hydrogen) atoms. The summed E-state index contributed by atoms with van der Waals surface area (Å²) >= 11 is 0. The van der Waals surface area contributed by atoms with Crippen LogP contribution in [0.4, 0.5) is 0 Å². The molecule has 0 saturated heterocycles. The van der Waals surface area contributed by atoms with Gasteiger partial charge < -0.3 is 4.74 Å². The number of hydrogen-bond donors (Lipinski definition) is 0. The van der Waals surface area contributed by atoms with Gasteiger partial charge in [0.2, 0.25) is 0 Å². The summed E-state index contributed by atoms with van der Waals surface area (Å²) in [6, 6.07) is 18.2. The summed E-state index contributed by atoms with van der Waals surface area (Å²) in [6.45, 7) is 0. The first-order valence-electron chi connectivity index (χ1n) is 6.16. The second-order valence-corrected chi connectivity index (χ2v) is 4.27. The fourth-order valence-corrected chi connectivity index (χ4v) is 2.03. The van der Waals surface area contributed by atoms with Crippen LogP contribution in [-0.4, -0.2) is 11.7 Å². The van der Waals surface area contributed by atoms with Crippen LogP contribution in [0.2, 0.25) is 0 Å². The minimum atomic E-state index is 0.859. The number of rotatable bonds is 3. The molecule has 3 nitrogen and oxygen atoms in total. The maximum absolute atomic E-state index is 5.25. The highest BCUT2D eigenvalue weighted by Crippen LogP contribution is 2.15. The molecule has 0 aliphatic carbocycles. The van der Waals surface area contributed by atoms with Crippen molar-refractivity contribution in [2.24, 2.45) is 0 Å². The Hall–Kier alpha value is -2.55. The van der Waals surface area contributed by atoms with Gasteiger partial charge in [-0.05, 0) is 24.3 Å². The van der Waals surface area contributed by atoms with Gasteiger partial charge in [-0.15, -0.1) is 0 Å². The topological polar surface area (TPSA) is 18.0 Å². The van der Waals surface area contributed by atoms with E-state index in [2.05, 4.69) is 27.3 Å². The minimum absolute atomic E-state index is 0.859. The van der Waals surface area contributed by atoms with Crippen molar-refractivity contribution < 1.29 is 9.30 Å². The van der Waals surface area contributed by atoms with Crippen LogP contribution in [0.3, 0.4) is 0 Å². The Morgan fingerprint density at radius 2 is 1.84 bits per heavy atom. The van der Waals surface area contributed by atoms with E-state index in [9.17, 15) is 0 Å². The number of methoxy groups -OCH3 is 1. The third-order valence-corrected chi connectivity index (χ3v) is 3.04. The first-order valence-corrected chi connectivity index (χ1v) is 6.16. The van der Waals surface area contributed by atoms with Gasteiger partial charge in [-0.1, -0.05) is 24.3 Å². The minimum Gasteiger partial charge on any atom is -0.497 e. The first kappa shape index (κ1) is 11.5. The highest BCUT2D eigenvalue weighted by Gasteiger charge is 2.08. The van der Waals surface area contributed by atoms with Gasteiger partial charge in [-0.2, -0.15) is 0 Å². The van der Waals surface area contributed by atoms with Gasteiger partial charge in [-0.3, -0.25) is 0 Å². The number of imidazole rings is 1. The molecule has 0 bridgehead atoms. The summed E-state index contributed by atoms with van der Waals surface area (Å²) in [7, 11) is 1.68. The van der Waals surface area contributed by atoms with Gasteiger partial charge in [0.15, 0.2) is 0 Å². The second kappa shape index (κ2) is 4.98. The van der Waals surface area contributed by atoms with Crippen molar-refractivity contribution in [2.75, 3.05) is 7.11 Å². The van der Waals surface area contributed by atoms with E-state index >= 15 is 0 Å². The molecule has 0 atom stereocenters. The number of ether oxygens (including phenoxy) is 1. The van der Waals surface area contributed by atoms with Crippen molar-refractivity contribution in [1.29, 1.82) is 0 Å². The summed E-state index contributed by atoms with van der Waals surface area (Å²) in [6.07, 6.45) is 6.11. The van der Waals surface area contributed by atoms with E-state index in [0.29, 0.717) is 0 Å². The van der Waals surface area contributed by atoms with Gasteiger partial charge in [0.1, 0.15) is 29.5 Å². The molecule has 0 radical (unpaired) electrons. The standard InChI is InChI=1S/C16H15N2O/c1-19-16-9-5-8-15(12-16)18-11-10-17(13-18)14-6-3-2-4-7-14/h2-13H,1H3/q+1. The van der Waals surface area contributed by atoms with Gasteiger partial charge in [-0.25, -0.2) is 9.13 Å². The fraction of sp³-hybridized carbons (Fsp3) is 0.0625. The molecule has 0 spiro atoms. The molecule has 0 saturated carbocycles. The Balaban J connectivity index is 1.97. The van der Waals surface area contributed by atoms with Crippen molar-refractivity contribution in [1.82, 2.24) is 4.57 Å². The summed E-state index contributed by atoms with van der Waals surface area (Å²) in [5.41, 5.74) is 2.22. The van der Waals surface area contributed by atoms with Gasteiger partial charge in [0.05, 0.1) is 7.11 Å². The van der Waals surface area contributed by atoms with Crippen LogP contribution in [0, 0.1) is 0 Å². The molecule has 3 rings (SSSR count). The lowest BCUT2D eigenvalue weighted by atomic mass is 10.3. The van der Waals surface area contributed by atoms with E-state index in [4.69, 9.17) is 4.74 Å². The zero-order chi connectivity index (χ0) is 13.1. The zero-order valence-corrected chi connectivity index (χ0v) is 10.7. The number of aromatic nitrogens is 2. The van der Waals surface area contributed by atoms with Crippen molar-refractivity contribution in [3.63, 3.8) is 0 Å². The number of nitrogens with zero attached hydrogens (tertiary/aromatic N) is 2. The monoisotopic (exact) mass is 251 g/mol. The van der Waals surface area contributed by atoms with E-state index in [-0.39, 0.29) is 0 Å². The molecule has 0 aliphatic heterocycles. The van der Waals surface area contributed by atoms with Crippen LogP contribution in [-0.2, 0) is 0 Å². The highest BCUT2D eigenvalue weighted by molar-refractivity contribution is 5.38. The number of hydrogen-bond acceptors (Lipinski definition) is 1. The molecule has 0 amide bonds. The van der Waals surface area contributed by atoms with Gasteiger partial charge in [0.25, 0.3) is 6.33 Å². The van der Waals surface area contributed by atoms with Crippen LogP contribution in [0.5, 0.6) is 5.75 Å². The third-order valence-electron chi connectivity index (χ3n) is 3.04. The normalized spacial score (nSPS) is 10.4. The molecular formula is C16H15N2O+. The summed E-state index contributed by atoms with van der Waals surface area (Å²) in [4.78, 5) is 0. The molecule has 1 aromatic heterocycles. The largest absolute Gasteiger partial charge is 0.497 e. The van der Waals surface area contributed by atoms with Gasteiger partial charge >= 0.3 is 0 Å². The summed E-state index contributed by atoms with van der Waals surface area (Å²) < 4.78 is 9.40. The van der Waals surface area contributed by atoms with E-state index in [1.807, 2.05) is 55.1 Å². The van der Waals surface area contributed by atoms with Crippen LogP contribution >= 0.6 is 0 Å². The fourth-order valence-electron chi connectivity index (χ4n) is 2.03. The van der Waals surface area contributed by atoms with Crippen molar-refractivity contribution in [3.8, 4) is 17.1 Å². The summed E-state index contributed by atoms with van der Waals surface area (Å²) in [5.74, 6) is 0.859. The lowest BCUT2D eigenvalue weighted by Gasteiger charge is -2.00. The lowest BCUT2D eigenvalue weighted by molar-refractivity contribution is -0.594. The maximum atomic E-state index is 5.25. The van der Waals surface area contributed by atoms with E-state index in [1.165, 1.54) is 0 Å². The number of para-hydroxylation sites is 1. The predicted molar refractivity (Wildman–Crippen MR) is 73.9 cm³/mol. The molecule has 2 aromatic carbocycles. The SMILES string of the molecule is COc1cccc(-n2cc[n+](-c3ccccc3)c2)c1. The third kappa shape index (κ3) is 2.36.